The molecule has 2 atom stereocenters. The summed E-state index contributed by atoms with van der Waals surface area (Å²) < 4.78 is 56.3. The molecule has 0 bridgehead atoms. The number of likely N-dealkylation sites (N-methyl/N-ethyl adjacent to an activating group) is 1. The summed E-state index contributed by atoms with van der Waals surface area (Å²) in [6.45, 7) is 3.67. The molecule has 2 aliphatic heterocycles. The second-order valence-corrected chi connectivity index (χ2v) is 12.1. The van der Waals surface area contributed by atoms with Crippen molar-refractivity contribution in [2.75, 3.05) is 19.7 Å². The Morgan fingerprint density at radius 3 is 2.53 bits per heavy atom. The second-order valence-electron chi connectivity index (χ2n) is 6.58. The van der Waals surface area contributed by atoms with E-state index in [0.29, 0.717) is 30.3 Å². The zero-order valence-electron chi connectivity index (χ0n) is 16.6. The van der Waals surface area contributed by atoms with Crippen molar-refractivity contribution in [1.82, 2.24) is 15.4 Å². The number of nitrogens with one attached hydrogen (secondary N) is 3. The highest BCUT2D eigenvalue weighted by Gasteiger charge is 2.43. The number of amides is 2. The maximum Gasteiger partial charge on any atom is 0.303 e. The van der Waals surface area contributed by atoms with E-state index in [4.69, 9.17) is 0 Å². The number of hydrogen-bond donors (Lipinski definition) is 3. The van der Waals surface area contributed by atoms with E-state index in [0.717, 1.165) is 6.92 Å². The third-order valence-corrected chi connectivity index (χ3v) is 10.0. The van der Waals surface area contributed by atoms with Crippen LogP contribution in [0.4, 0.5) is 0 Å². The zero-order chi connectivity index (χ0) is 22.7. The van der Waals surface area contributed by atoms with Gasteiger partial charge in [-0.1, -0.05) is 18.7 Å². The van der Waals surface area contributed by atoms with Gasteiger partial charge in [-0.25, -0.2) is 21.6 Å². The Balaban J connectivity index is 2.10. The molecule has 0 aromatic heterocycles. The number of esters is 1. The van der Waals surface area contributed by atoms with Gasteiger partial charge in [-0.15, -0.1) is 0 Å². The van der Waals surface area contributed by atoms with Crippen molar-refractivity contribution in [3.05, 3.63) is 20.1 Å². The van der Waals surface area contributed by atoms with Gasteiger partial charge in [0.15, 0.2) is 16.4 Å². The maximum absolute atomic E-state index is 12.6. The highest BCUT2D eigenvalue weighted by atomic mass is 32.3. The number of hydrogen-bond acceptors (Lipinski definition) is 10. The summed E-state index contributed by atoms with van der Waals surface area (Å²) in [6, 6.07) is -0.587. The van der Waals surface area contributed by atoms with Crippen LogP contribution in [0.1, 0.15) is 27.2 Å². The average Bonchev–Trinajstić information content (AvgIpc) is 2.88. The Labute approximate surface area is 179 Å². The highest BCUT2D eigenvalue weighted by Crippen LogP contribution is 2.47. The van der Waals surface area contributed by atoms with Crippen molar-refractivity contribution >= 4 is 49.4 Å². The quantitative estimate of drug-likeness (QED) is 0.370. The second kappa shape index (κ2) is 9.49. The van der Waals surface area contributed by atoms with E-state index in [1.807, 2.05) is 0 Å². The number of sulfone groups is 1. The van der Waals surface area contributed by atoms with Gasteiger partial charge in [0, 0.05) is 6.92 Å². The number of sulfonamides is 1. The maximum atomic E-state index is 12.6. The van der Waals surface area contributed by atoms with Gasteiger partial charge in [0.2, 0.25) is 0 Å². The van der Waals surface area contributed by atoms with Gasteiger partial charge in [0.05, 0.1) is 17.8 Å². The first-order chi connectivity index (χ1) is 13.9. The summed E-state index contributed by atoms with van der Waals surface area (Å²) in [4.78, 5) is 34.1. The van der Waals surface area contributed by atoms with Crippen LogP contribution in [-0.4, -0.2) is 65.6 Å². The lowest BCUT2D eigenvalue weighted by Gasteiger charge is -2.23. The minimum absolute atomic E-state index is 0.00837. The number of rotatable bonds is 8. The van der Waals surface area contributed by atoms with Crippen LogP contribution in [0.2, 0.25) is 0 Å². The fraction of sp³-hybridized carbons (Fsp3) is 0.562. The van der Waals surface area contributed by atoms with Crippen LogP contribution in [0.15, 0.2) is 20.1 Å². The summed E-state index contributed by atoms with van der Waals surface area (Å²) in [5.74, 6) is -2.49. The molecule has 0 spiro atoms. The molecule has 0 aromatic rings. The van der Waals surface area contributed by atoms with Gasteiger partial charge < -0.3 is 15.4 Å². The van der Waals surface area contributed by atoms with Gasteiger partial charge >= 0.3 is 5.97 Å². The van der Waals surface area contributed by atoms with E-state index in [1.165, 1.54) is 6.08 Å². The van der Waals surface area contributed by atoms with Crippen molar-refractivity contribution < 1.29 is 36.0 Å². The van der Waals surface area contributed by atoms with Crippen molar-refractivity contribution in [1.29, 1.82) is 0 Å². The van der Waals surface area contributed by atoms with Crippen LogP contribution in [-0.2, 0) is 39.0 Å². The van der Waals surface area contributed by atoms with Crippen LogP contribution < -0.4 is 15.4 Å². The molecule has 2 amide bonds. The SMILES string of the molecule is CCN[C@H]1C=C(S(=O)(=O)NC(=O)CNC(=O)COC(C)=O)SC2=C1C[C@H](C)S2(=O)=O. The van der Waals surface area contributed by atoms with Crippen molar-refractivity contribution in [2.45, 2.75) is 38.5 Å². The monoisotopic (exact) mass is 481 g/mol. The van der Waals surface area contributed by atoms with Crippen LogP contribution in [0, 0.1) is 0 Å². The molecule has 3 N–H and O–H groups in total. The fourth-order valence-corrected chi connectivity index (χ4v) is 7.84. The molecule has 0 unspecified atom stereocenters. The summed E-state index contributed by atoms with van der Waals surface area (Å²) in [7, 11) is -8.01. The van der Waals surface area contributed by atoms with Crippen LogP contribution in [0.3, 0.4) is 0 Å². The van der Waals surface area contributed by atoms with E-state index < -0.39 is 62.1 Å². The van der Waals surface area contributed by atoms with Gasteiger partial charge in [-0.2, -0.15) is 0 Å². The Morgan fingerprint density at radius 2 is 1.93 bits per heavy atom. The van der Waals surface area contributed by atoms with Crippen LogP contribution >= 0.6 is 11.8 Å². The molecule has 14 heteroatoms. The largest absolute Gasteiger partial charge is 0.456 e. The normalized spacial score (nSPS) is 22.7. The first kappa shape index (κ1) is 24.4. The molecule has 0 saturated heterocycles. The van der Waals surface area contributed by atoms with Gasteiger partial charge in [-0.3, -0.25) is 14.4 Å². The van der Waals surface area contributed by atoms with Gasteiger partial charge in [0.25, 0.3) is 21.8 Å². The molecule has 30 heavy (non-hydrogen) atoms. The molecule has 0 saturated carbocycles. The topological polar surface area (TPSA) is 165 Å². The Bertz CT molecular complexity index is 1010. The lowest BCUT2D eigenvalue weighted by Crippen LogP contribution is -2.41. The van der Waals surface area contributed by atoms with E-state index in [1.54, 1.807) is 18.6 Å². The van der Waals surface area contributed by atoms with Crippen LogP contribution in [0.5, 0.6) is 0 Å². The summed E-state index contributed by atoms with van der Waals surface area (Å²) in [5, 5.41) is 4.50. The highest BCUT2D eigenvalue weighted by molar-refractivity contribution is 8.28. The summed E-state index contributed by atoms with van der Waals surface area (Å²) >= 11 is 0.592. The van der Waals surface area contributed by atoms with Crippen molar-refractivity contribution in [3.63, 3.8) is 0 Å². The van der Waals surface area contributed by atoms with Gasteiger partial charge in [-0.05, 0) is 31.5 Å². The number of carbonyl (C=O) groups is 3. The molecule has 2 heterocycles. The lowest BCUT2D eigenvalue weighted by molar-refractivity contribution is -0.146. The molecule has 0 radical (unpaired) electrons. The minimum atomic E-state index is -4.36. The first-order valence-corrected chi connectivity index (χ1v) is 12.8. The fourth-order valence-electron chi connectivity index (χ4n) is 2.79. The average molecular weight is 482 g/mol. The summed E-state index contributed by atoms with van der Waals surface area (Å²) in [5.41, 5.74) is 0.609. The lowest BCUT2D eigenvalue weighted by atomic mass is 10.0. The molecular weight excluding hydrogens is 458 g/mol. The van der Waals surface area contributed by atoms with E-state index in [-0.39, 0.29) is 8.47 Å². The van der Waals surface area contributed by atoms with E-state index >= 15 is 0 Å². The number of carbonyl (C=O) groups excluding carboxylic acids is 3. The zero-order valence-corrected chi connectivity index (χ0v) is 19.0. The smallest absolute Gasteiger partial charge is 0.303 e. The standard InChI is InChI=1S/C16H23N3O8S3/c1-4-17-12-6-15(28-16-11(12)5-9(2)29(16,23)24)30(25,26)19-13(21)7-18-14(22)8-27-10(3)20/h6,9,12,17H,4-5,7-8H2,1-3H3,(H,18,22)(H,19,21)/t9-,12-/m0/s1. The molecule has 2 aliphatic rings. The Kier molecular flexibility index (Phi) is 7.71. The molecule has 11 nitrogen and oxygen atoms in total. The summed E-state index contributed by atoms with van der Waals surface area (Å²) in [6.07, 6.45) is 1.67. The molecule has 0 fully saturated rings. The van der Waals surface area contributed by atoms with Gasteiger partial charge in [0.1, 0.15) is 8.47 Å². The number of thioether (sulfide) groups is 1. The molecule has 168 valence electrons. The third kappa shape index (κ3) is 5.62. The minimum Gasteiger partial charge on any atom is -0.456 e. The number of ether oxygens (including phenoxy) is 1. The van der Waals surface area contributed by atoms with E-state index in [2.05, 4.69) is 15.4 Å². The molecule has 0 aromatic carbocycles. The Hall–Kier alpha value is -1.90. The molecule has 2 rings (SSSR count). The van der Waals surface area contributed by atoms with Crippen molar-refractivity contribution in [3.8, 4) is 0 Å². The molecule has 0 aliphatic carbocycles. The van der Waals surface area contributed by atoms with E-state index in [9.17, 15) is 31.2 Å². The Morgan fingerprint density at radius 1 is 1.27 bits per heavy atom. The third-order valence-electron chi connectivity index (χ3n) is 4.22. The predicted molar refractivity (Wildman–Crippen MR) is 110 cm³/mol. The first-order valence-electron chi connectivity index (χ1n) is 8.94. The van der Waals surface area contributed by atoms with Crippen molar-refractivity contribution in [2.24, 2.45) is 0 Å². The predicted octanol–water partition coefficient (Wildman–Crippen LogP) is -0.903. The molecular formula is C16H23N3O8S3. The van der Waals surface area contributed by atoms with Crippen LogP contribution in [0.25, 0.3) is 0 Å².